The molecule has 0 aliphatic heterocycles. The maximum Gasteiger partial charge on any atom is 0.251 e. The summed E-state index contributed by atoms with van der Waals surface area (Å²) in [6.07, 6.45) is 5.10. The molecule has 0 saturated carbocycles. The van der Waals surface area contributed by atoms with Gasteiger partial charge in [-0.15, -0.1) is 11.3 Å². The summed E-state index contributed by atoms with van der Waals surface area (Å²) in [5.74, 6) is 0.0509. The minimum absolute atomic E-state index is 0.111. The highest BCUT2D eigenvalue weighted by atomic mass is 32.1. The van der Waals surface area contributed by atoms with Gasteiger partial charge in [-0.3, -0.25) is 9.59 Å². The van der Waals surface area contributed by atoms with Gasteiger partial charge in [0.2, 0.25) is 5.91 Å². The summed E-state index contributed by atoms with van der Waals surface area (Å²) >= 11 is 6.70. The van der Waals surface area contributed by atoms with Crippen LogP contribution in [-0.2, 0) is 17.6 Å². The second-order valence-corrected chi connectivity index (χ2v) is 7.54. The zero-order valence-electron chi connectivity index (χ0n) is 13.5. The third kappa shape index (κ3) is 4.51. The van der Waals surface area contributed by atoms with Crippen LogP contribution in [0.3, 0.4) is 0 Å². The highest BCUT2D eigenvalue weighted by Crippen LogP contribution is 2.39. The number of primary amides is 1. The van der Waals surface area contributed by atoms with E-state index in [1.165, 1.54) is 16.2 Å². The highest BCUT2D eigenvalue weighted by molar-refractivity contribution is 7.80. The number of hydrogen-bond acceptors (Lipinski definition) is 4. The zero-order chi connectivity index (χ0) is 17.0. The lowest BCUT2D eigenvalue weighted by atomic mass is 9.88. The van der Waals surface area contributed by atoms with Crippen molar-refractivity contribution in [2.45, 2.75) is 52.4 Å². The third-order valence-electron chi connectivity index (χ3n) is 4.00. The summed E-state index contributed by atoms with van der Waals surface area (Å²) in [5, 5.41) is 6.52. The van der Waals surface area contributed by atoms with Crippen LogP contribution < -0.4 is 16.4 Å². The van der Waals surface area contributed by atoms with Crippen molar-refractivity contribution >= 4 is 45.5 Å². The van der Waals surface area contributed by atoms with E-state index in [9.17, 15) is 9.59 Å². The minimum atomic E-state index is -0.445. The standard InChI is InChI=1S/C16H23N3O2S2/c1-3-4-5-12(20)18-16(22)19-15-13(14(17)21)10-7-6-9(2)8-11(10)23-15/h9H,3-8H2,1-2H3,(H2,17,21)(H2,18,19,20,22). The van der Waals surface area contributed by atoms with Gasteiger partial charge < -0.3 is 16.4 Å². The Kier molecular flexibility index (Phi) is 6.12. The van der Waals surface area contributed by atoms with E-state index in [1.807, 2.05) is 6.92 Å². The molecule has 0 saturated heterocycles. The monoisotopic (exact) mass is 353 g/mol. The molecule has 0 bridgehead atoms. The Bertz CT molecular complexity index is 625. The van der Waals surface area contributed by atoms with E-state index < -0.39 is 5.91 Å². The van der Waals surface area contributed by atoms with Crippen molar-refractivity contribution in [3.05, 3.63) is 16.0 Å². The molecule has 0 aromatic carbocycles. The first-order valence-corrected chi connectivity index (χ1v) is 9.20. The van der Waals surface area contributed by atoms with Crippen molar-refractivity contribution in [2.24, 2.45) is 11.7 Å². The average Bonchev–Trinajstić information content (AvgIpc) is 2.81. The van der Waals surface area contributed by atoms with Gasteiger partial charge in [-0.1, -0.05) is 20.3 Å². The minimum Gasteiger partial charge on any atom is -0.365 e. The van der Waals surface area contributed by atoms with Crippen LogP contribution in [0.2, 0.25) is 0 Å². The molecular formula is C16H23N3O2S2. The number of unbranched alkanes of at least 4 members (excludes halogenated alkanes) is 1. The van der Waals surface area contributed by atoms with E-state index in [4.69, 9.17) is 18.0 Å². The molecule has 1 aromatic rings. The Labute approximate surface area is 146 Å². The van der Waals surface area contributed by atoms with Crippen molar-refractivity contribution < 1.29 is 9.59 Å². The Hall–Kier alpha value is -1.47. The summed E-state index contributed by atoms with van der Waals surface area (Å²) < 4.78 is 0. The SMILES string of the molecule is CCCCC(=O)NC(=S)Nc1sc2c(c1C(N)=O)CCC(C)C2. The molecule has 7 heteroatoms. The van der Waals surface area contributed by atoms with Crippen LogP contribution in [0.1, 0.15) is 60.3 Å². The van der Waals surface area contributed by atoms with Gasteiger partial charge in [0.25, 0.3) is 5.91 Å². The molecule has 23 heavy (non-hydrogen) atoms. The molecule has 1 aromatic heterocycles. The van der Waals surface area contributed by atoms with Gasteiger partial charge in [0.05, 0.1) is 5.56 Å². The Morgan fingerprint density at radius 2 is 2.17 bits per heavy atom. The van der Waals surface area contributed by atoms with E-state index in [0.29, 0.717) is 22.9 Å². The van der Waals surface area contributed by atoms with Crippen molar-refractivity contribution in [1.82, 2.24) is 5.32 Å². The van der Waals surface area contributed by atoms with Crippen LogP contribution in [0.5, 0.6) is 0 Å². The number of nitrogens with one attached hydrogen (secondary N) is 2. The van der Waals surface area contributed by atoms with E-state index in [1.54, 1.807) is 0 Å². The molecule has 1 unspecified atom stereocenters. The molecule has 126 valence electrons. The largest absolute Gasteiger partial charge is 0.365 e. The average molecular weight is 354 g/mol. The first kappa shape index (κ1) is 17.9. The summed E-state index contributed by atoms with van der Waals surface area (Å²) in [5.41, 5.74) is 7.13. The van der Waals surface area contributed by atoms with Gasteiger partial charge in [0, 0.05) is 11.3 Å². The topological polar surface area (TPSA) is 84.2 Å². The number of thiophene rings is 1. The van der Waals surface area contributed by atoms with Crippen LogP contribution in [-0.4, -0.2) is 16.9 Å². The Balaban J connectivity index is 2.12. The second-order valence-electron chi connectivity index (χ2n) is 6.03. The fraction of sp³-hybridized carbons (Fsp3) is 0.562. The quantitative estimate of drug-likeness (QED) is 0.711. The van der Waals surface area contributed by atoms with Gasteiger partial charge in [-0.05, 0) is 49.4 Å². The fourth-order valence-corrected chi connectivity index (χ4v) is 4.46. The molecule has 1 heterocycles. The molecule has 5 nitrogen and oxygen atoms in total. The van der Waals surface area contributed by atoms with Crippen molar-refractivity contribution in [3.63, 3.8) is 0 Å². The number of carbonyl (C=O) groups excluding carboxylic acids is 2. The van der Waals surface area contributed by atoms with E-state index in [2.05, 4.69) is 17.6 Å². The molecule has 4 N–H and O–H groups in total. The molecule has 1 atom stereocenters. The number of hydrogen-bond donors (Lipinski definition) is 3. The van der Waals surface area contributed by atoms with Crippen LogP contribution in [0.25, 0.3) is 0 Å². The third-order valence-corrected chi connectivity index (χ3v) is 5.37. The Morgan fingerprint density at radius 1 is 1.43 bits per heavy atom. The second kappa shape index (κ2) is 7.88. The molecule has 1 aliphatic rings. The normalized spacial score (nSPS) is 16.5. The molecule has 2 amide bonds. The van der Waals surface area contributed by atoms with E-state index in [-0.39, 0.29) is 11.0 Å². The molecule has 0 spiro atoms. The zero-order valence-corrected chi connectivity index (χ0v) is 15.2. The number of rotatable bonds is 5. The number of anilines is 1. The molecule has 0 radical (unpaired) electrons. The summed E-state index contributed by atoms with van der Waals surface area (Å²) in [4.78, 5) is 24.8. The summed E-state index contributed by atoms with van der Waals surface area (Å²) in [6.45, 7) is 4.23. The van der Waals surface area contributed by atoms with Crippen molar-refractivity contribution in [1.29, 1.82) is 0 Å². The smallest absolute Gasteiger partial charge is 0.251 e. The summed E-state index contributed by atoms with van der Waals surface area (Å²) in [7, 11) is 0. The van der Waals surface area contributed by atoms with Crippen LogP contribution >= 0.6 is 23.6 Å². The first-order chi connectivity index (χ1) is 10.9. The van der Waals surface area contributed by atoms with Gasteiger partial charge in [-0.2, -0.15) is 0 Å². The van der Waals surface area contributed by atoms with Crippen molar-refractivity contribution in [2.75, 3.05) is 5.32 Å². The van der Waals surface area contributed by atoms with Crippen molar-refractivity contribution in [3.8, 4) is 0 Å². The lowest BCUT2D eigenvalue weighted by Crippen LogP contribution is -2.34. The maximum atomic E-state index is 11.8. The van der Waals surface area contributed by atoms with Gasteiger partial charge in [0.1, 0.15) is 5.00 Å². The Morgan fingerprint density at radius 3 is 2.83 bits per heavy atom. The number of amides is 2. The maximum absolute atomic E-state index is 11.8. The molecule has 2 rings (SSSR count). The number of nitrogens with two attached hydrogens (primary N) is 1. The molecule has 0 fully saturated rings. The number of thiocarbonyl (C=S) groups is 1. The van der Waals surface area contributed by atoms with Gasteiger partial charge >= 0.3 is 0 Å². The van der Waals surface area contributed by atoms with Crippen LogP contribution in [0.4, 0.5) is 5.00 Å². The fourth-order valence-electron chi connectivity index (χ4n) is 2.76. The number of carbonyl (C=O) groups is 2. The predicted molar refractivity (Wildman–Crippen MR) is 97.9 cm³/mol. The van der Waals surface area contributed by atoms with Gasteiger partial charge in [-0.25, -0.2) is 0 Å². The van der Waals surface area contributed by atoms with Gasteiger partial charge in [0.15, 0.2) is 5.11 Å². The first-order valence-electron chi connectivity index (χ1n) is 7.97. The lowest BCUT2D eigenvalue weighted by Gasteiger charge is -2.18. The van der Waals surface area contributed by atoms with Crippen LogP contribution in [0, 0.1) is 5.92 Å². The predicted octanol–water partition coefficient (Wildman–Crippen LogP) is 2.98. The highest BCUT2D eigenvalue weighted by Gasteiger charge is 2.26. The lowest BCUT2D eigenvalue weighted by molar-refractivity contribution is -0.119. The molecular weight excluding hydrogens is 330 g/mol. The molecule has 1 aliphatic carbocycles. The van der Waals surface area contributed by atoms with Crippen LogP contribution in [0.15, 0.2) is 0 Å². The number of fused-ring (bicyclic) bond motifs is 1. The summed E-state index contributed by atoms with van der Waals surface area (Å²) in [6, 6.07) is 0. The van der Waals surface area contributed by atoms with E-state index >= 15 is 0 Å². The van der Waals surface area contributed by atoms with E-state index in [0.717, 1.165) is 37.7 Å².